The van der Waals surface area contributed by atoms with Crippen LogP contribution in [0, 0.1) is 0 Å². The molecule has 0 amide bonds. The van der Waals surface area contributed by atoms with Gasteiger partial charge in [-0.15, -0.1) is 11.8 Å². The summed E-state index contributed by atoms with van der Waals surface area (Å²) in [5.74, 6) is 1.90. The highest BCUT2D eigenvalue weighted by atomic mass is 32.2. The van der Waals surface area contributed by atoms with E-state index < -0.39 is 0 Å². The first kappa shape index (κ1) is 13.5. The molecule has 0 aromatic heterocycles. The second-order valence-corrected chi connectivity index (χ2v) is 5.34. The van der Waals surface area contributed by atoms with Crippen LogP contribution in [0.5, 0.6) is 5.75 Å². The Morgan fingerprint density at radius 1 is 1.39 bits per heavy atom. The van der Waals surface area contributed by atoms with Gasteiger partial charge < -0.3 is 15.2 Å². The molecule has 0 saturated carbocycles. The molecular formula is C13H20N2O2S. The van der Waals surface area contributed by atoms with E-state index in [9.17, 15) is 0 Å². The Kier molecular flexibility index (Phi) is 5.16. The van der Waals surface area contributed by atoms with Crippen molar-refractivity contribution in [2.75, 3.05) is 51.4 Å². The van der Waals surface area contributed by atoms with Crippen LogP contribution < -0.4 is 10.5 Å². The zero-order valence-electron chi connectivity index (χ0n) is 10.7. The molecular weight excluding hydrogens is 248 g/mol. The van der Waals surface area contributed by atoms with E-state index in [1.54, 1.807) is 18.9 Å². The van der Waals surface area contributed by atoms with Crippen LogP contribution >= 0.6 is 11.8 Å². The number of nitrogens with two attached hydrogens (primary N) is 1. The summed E-state index contributed by atoms with van der Waals surface area (Å²) in [6.45, 7) is 4.85. The lowest BCUT2D eigenvalue weighted by atomic mass is 10.3. The standard InChI is InChI=1S/C13H20N2O2S/c1-16-11-2-3-12(14)13(10-11)18-9-6-15-4-7-17-8-5-15/h2-3,10H,4-9,14H2,1H3. The number of anilines is 1. The summed E-state index contributed by atoms with van der Waals surface area (Å²) in [5.41, 5.74) is 6.78. The third-order valence-corrected chi connectivity index (χ3v) is 4.04. The van der Waals surface area contributed by atoms with Gasteiger partial charge in [0.2, 0.25) is 0 Å². The van der Waals surface area contributed by atoms with Crippen molar-refractivity contribution in [2.45, 2.75) is 4.90 Å². The fraction of sp³-hybridized carbons (Fsp3) is 0.538. The maximum Gasteiger partial charge on any atom is 0.120 e. The molecule has 1 fully saturated rings. The lowest BCUT2D eigenvalue weighted by molar-refractivity contribution is 0.0410. The number of ether oxygens (including phenoxy) is 2. The predicted molar refractivity (Wildman–Crippen MR) is 75.4 cm³/mol. The maximum absolute atomic E-state index is 5.95. The number of nitrogens with zero attached hydrogens (tertiary/aromatic N) is 1. The Labute approximate surface area is 112 Å². The Bertz CT molecular complexity index is 381. The van der Waals surface area contributed by atoms with Crippen molar-refractivity contribution in [3.05, 3.63) is 18.2 Å². The minimum atomic E-state index is 0.822. The molecule has 18 heavy (non-hydrogen) atoms. The number of benzene rings is 1. The molecule has 2 N–H and O–H groups in total. The zero-order valence-corrected chi connectivity index (χ0v) is 11.5. The fourth-order valence-electron chi connectivity index (χ4n) is 1.88. The van der Waals surface area contributed by atoms with Gasteiger partial charge in [-0.25, -0.2) is 0 Å². The summed E-state index contributed by atoms with van der Waals surface area (Å²) >= 11 is 1.78. The van der Waals surface area contributed by atoms with Gasteiger partial charge in [0.05, 0.1) is 20.3 Å². The monoisotopic (exact) mass is 268 g/mol. The molecule has 0 spiro atoms. The molecule has 1 aromatic carbocycles. The molecule has 0 bridgehead atoms. The normalized spacial score (nSPS) is 16.7. The smallest absolute Gasteiger partial charge is 0.120 e. The highest BCUT2D eigenvalue weighted by Crippen LogP contribution is 2.29. The Morgan fingerprint density at radius 2 is 2.17 bits per heavy atom. The van der Waals surface area contributed by atoms with Crippen LogP contribution in [0.4, 0.5) is 5.69 Å². The largest absolute Gasteiger partial charge is 0.497 e. The van der Waals surface area contributed by atoms with E-state index in [2.05, 4.69) is 4.90 Å². The van der Waals surface area contributed by atoms with Gasteiger partial charge in [-0.3, -0.25) is 4.90 Å². The first-order chi connectivity index (χ1) is 8.79. The summed E-state index contributed by atoms with van der Waals surface area (Å²) in [5, 5.41) is 0. The molecule has 1 saturated heterocycles. The molecule has 0 atom stereocenters. The van der Waals surface area contributed by atoms with E-state index in [0.29, 0.717) is 0 Å². The van der Waals surface area contributed by atoms with Crippen LogP contribution in [0.3, 0.4) is 0 Å². The van der Waals surface area contributed by atoms with Crippen LogP contribution in [-0.4, -0.2) is 50.6 Å². The van der Waals surface area contributed by atoms with Crippen LogP contribution in [0.15, 0.2) is 23.1 Å². The summed E-state index contributed by atoms with van der Waals surface area (Å²) in [7, 11) is 1.67. The SMILES string of the molecule is COc1ccc(N)c(SCCN2CCOCC2)c1. The number of hydrogen-bond donors (Lipinski definition) is 1. The first-order valence-electron chi connectivity index (χ1n) is 6.16. The van der Waals surface area contributed by atoms with Crippen LogP contribution in [-0.2, 0) is 4.74 Å². The fourth-order valence-corrected chi connectivity index (χ4v) is 2.88. The quantitative estimate of drug-likeness (QED) is 0.650. The Morgan fingerprint density at radius 3 is 2.89 bits per heavy atom. The highest BCUT2D eigenvalue weighted by Gasteiger charge is 2.10. The molecule has 0 radical (unpaired) electrons. The van der Waals surface area contributed by atoms with Crippen molar-refractivity contribution in [3.63, 3.8) is 0 Å². The number of morpholine rings is 1. The number of rotatable bonds is 5. The molecule has 4 nitrogen and oxygen atoms in total. The molecule has 5 heteroatoms. The lowest BCUT2D eigenvalue weighted by Gasteiger charge is -2.26. The Hall–Kier alpha value is -0.910. The van der Waals surface area contributed by atoms with E-state index in [1.165, 1.54) is 0 Å². The van der Waals surface area contributed by atoms with Crippen molar-refractivity contribution >= 4 is 17.4 Å². The molecule has 1 aliphatic heterocycles. The van der Waals surface area contributed by atoms with Gasteiger partial charge >= 0.3 is 0 Å². The summed E-state index contributed by atoms with van der Waals surface area (Å²) < 4.78 is 10.5. The molecule has 1 aromatic rings. The molecule has 0 aliphatic carbocycles. The third-order valence-electron chi connectivity index (χ3n) is 2.99. The Balaban J connectivity index is 1.81. The van der Waals surface area contributed by atoms with Gasteiger partial charge in [0.1, 0.15) is 5.75 Å². The average molecular weight is 268 g/mol. The van der Waals surface area contributed by atoms with E-state index in [1.807, 2.05) is 18.2 Å². The second-order valence-electron chi connectivity index (χ2n) is 4.21. The van der Waals surface area contributed by atoms with Gasteiger partial charge in [0.25, 0.3) is 0 Å². The second kappa shape index (κ2) is 6.87. The summed E-state index contributed by atoms with van der Waals surface area (Å²) in [6.07, 6.45) is 0. The van der Waals surface area contributed by atoms with Crippen LogP contribution in [0.2, 0.25) is 0 Å². The lowest BCUT2D eigenvalue weighted by Crippen LogP contribution is -2.37. The van der Waals surface area contributed by atoms with Crippen LogP contribution in [0.25, 0.3) is 0 Å². The molecule has 100 valence electrons. The first-order valence-corrected chi connectivity index (χ1v) is 7.14. The summed E-state index contributed by atoms with van der Waals surface area (Å²) in [6, 6.07) is 5.79. The minimum Gasteiger partial charge on any atom is -0.497 e. The van der Waals surface area contributed by atoms with Crippen molar-refractivity contribution in [1.82, 2.24) is 4.90 Å². The molecule has 0 unspecified atom stereocenters. The van der Waals surface area contributed by atoms with E-state index >= 15 is 0 Å². The van der Waals surface area contributed by atoms with Crippen LogP contribution in [0.1, 0.15) is 0 Å². The van der Waals surface area contributed by atoms with E-state index in [-0.39, 0.29) is 0 Å². The summed E-state index contributed by atoms with van der Waals surface area (Å²) in [4.78, 5) is 3.52. The number of nitrogen functional groups attached to an aromatic ring is 1. The number of hydrogen-bond acceptors (Lipinski definition) is 5. The van der Waals surface area contributed by atoms with Gasteiger partial charge in [-0.05, 0) is 18.2 Å². The van der Waals surface area contributed by atoms with Gasteiger partial charge in [-0.2, -0.15) is 0 Å². The van der Waals surface area contributed by atoms with Gasteiger partial charge in [-0.1, -0.05) is 0 Å². The van der Waals surface area contributed by atoms with Crippen molar-refractivity contribution in [1.29, 1.82) is 0 Å². The molecule has 1 heterocycles. The van der Waals surface area contributed by atoms with E-state index in [0.717, 1.165) is 54.9 Å². The third kappa shape index (κ3) is 3.80. The topological polar surface area (TPSA) is 47.7 Å². The molecule has 1 aliphatic rings. The van der Waals surface area contributed by atoms with Crippen molar-refractivity contribution < 1.29 is 9.47 Å². The molecule has 2 rings (SSSR count). The van der Waals surface area contributed by atoms with E-state index in [4.69, 9.17) is 15.2 Å². The predicted octanol–water partition coefficient (Wildman–Crippen LogP) is 1.70. The van der Waals surface area contributed by atoms with Gasteiger partial charge in [0.15, 0.2) is 0 Å². The highest BCUT2D eigenvalue weighted by molar-refractivity contribution is 7.99. The number of methoxy groups -OCH3 is 1. The zero-order chi connectivity index (χ0) is 12.8. The average Bonchev–Trinajstić information content (AvgIpc) is 2.42. The minimum absolute atomic E-state index is 0.822. The van der Waals surface area contributed by atoms with Crippen molar-refractivity contribution in [2.24, 2.45) is 0 Å². The van der Waals surface area contributed by atoms with Crippen molar-refractivity contribution in [3.8, 4) is 5.75 Å². The maximum atomic E-state index is 5.95. The number of thioether (sulfide) groups is 1. The van der Waals surface area contributed by atoms with Gasteiger partial charge in [0, 0.05) is 36.0 Å².